The first-order valence-electron chi connectivity index (χ1n) is 5.66. The van der Waals surface area contributed by atoms with Crippen molar-refractivity contribution in [3.05, 3.63) is 48.2 Å². The van der Waals surface area contributed by atoms with Crippen molar-refractivity contribution in [2.24, 2.45) is 0 Å². The van der Waals surface area contributed by atoms with Gasteiger partial charge in [-0.1, -0.05) is 5.16 Å². The second kappa shape index (κ2) is 4.89. The van der Waals surface area contributed by atoms with Crippen molar-refractivity contribution in [2.75, 3.05) is 0 Å². The van der Waals surface area contributed by atoms with Crippen LogP contribution >= 0.6 is 0 Å². The van der Waals surface area contributed by atoms with Gasteiger partial charge in [-0.05, 0) is 25.1 Å². The van der Waals surface area contributed by atoms with Crippen LogP contribution in [0.25, 0.3) is 11.5 Å². The third-order valence-electron chi connectivity index (χ3n) is 2.66. The molecular weight excluding hydrogens is 266 g/mol. The van der Waals surface area contributed by atoms with E-state index in [0.717, 1.165) is 0 Å². The zero-order chi connectivity index (χ0) is 13.2. The van der Waals surface area contributed by atoms with E-state index in [4.69, 9.17) is 13.4 Å². The van der Waals surface area contributed by atoms with Gasteiger partial charge in [-0.2, -0.15) is 0 Å². The summed E-state index contributed by atoms with van der Waals surface area (Å²) in [6.45, 7) is 1.78. The number of furan rings is 2. The van der Waals surface area contributed by atoms with Gasteiger partial charge in [0.1, 0.15) is 5.76 Å². The minimum Gasteiger partial charge on any atom is -0.468 e. The summed E-state index contributed by atoms with van der Waals surface area (Å²) in [5, 5.41) is 3.89. The van der Waals surface area contributed by atoms with Crippen molar-refractivity contribution in [2.45, 2.75) is 17.6 Å². The summed E-state index contributed by atoms with van der Waals surface area (Å²) in [4.78, 5) is 0.683. The molecule has 3 aromatic heterocycles. The van der Waals surface area contributed by atoms with Gasteiger partial charge in [0, 0.05) is 6.07 Å². The third-order valence-corrected chi connectivity index (χ3v) is 4.13. The van der Waals surface area contributed by atoms with Crippen LogP contribution in [0.1, 0.15) is 11.5 Å². The summed E-state index contributed by atoms with van der Waals surface area (Å²) in [6.07, 6.45) is 3.09. The fourth-order valence-electron chi connectivity index (χ4n) is 1.74. The summed E-state index contributed by atoms with van der Waals surface area (Å²) in [6, 6.07) is 6.98. The Hall–Kier alpha value is -2.08. The lowest BCUT2D eigenvalue weighted by Gasteiger charge is -1.96. The lowest BCUT2D eigenvalue weighted by molar-refractivity contribution is 0.413. The molecule has 0 N–H and O–H groups in total. The molecule has 0 saturated carbocycles. The van der Waals surface area contributed by atoms with E-state index in [9.17, 15) is 4.21 Å². The maximum Gasteiger partial charge on any atom is 0.202 e. The van der Waals surface area contributed by atoms with Gasteiger partial charge in [0.15, 0.2) is 5.76 Å². The predicted octanol–water partition coefficient (Wildman–Crippen LogP) is 3.14. The molecule has 3 heterocycles. The van der Waals surface area contributed by atoms with Crippen LogP contribution in [0.2, 0.25) is 0 Å². The first-order valence-corrected chi connectivity index (χ1v) is 6.98. The van der Waals surface area contributed by atoms with E-state index in [1.165, 1.54) is 6.26 Å². The number of nitrogens with zero attached hydrogens (tertiary/aromatic N) is 1. The van der Waals surface area contributed by atoms with Crippen LogP contribution in [0, 0.1) is 6.92 Å². The Morgan fingerprint density at radius 3 is 2.79 bits per heavy atom. The second-order valence-electron chi connectivity index (χ2n) is 3.99. The van der Waals surface area contributed by atoms with Gasteiger partial charge in [-0.3, -0.25) is 4.21 Å². The van der Waals surface area contributed by atoms with Gasteiger partial charge in [0.25, 0.3) is 0 Å². The minimum absolute atomic E-state index is 0.282. The van der Waals surface area contributed by atoms with Crippen molar-refractivity contribution in [3.8, 4) is 11.5 Å². The maximum absolute atomic E-state index is 12.1. The van der Waals surface area contributed by atoms with Crippen LogP contribution in [0.15, 0.2) is 55.0 Å². The molecule has 19 heavy (non-hydrogen) atoms. The molecule has 6 heteroatoms. The number of hydrogen-bond acceptors (Lipinski definition) is 5. The largest absolute Gasteiger partial charge is 0.468 e. The van der Waals surface area contributed by atoms with E-state index in [1.54, 1.807) is 37.5 Å². The Balaban J connectivity index is 1.78. The van der Waals surface area contributed by atoms with Crippen LogP contribution in [0.4, 0.5) is 0 Å². The maximum atomic E-state index is 12.1. The summed E-state index contributed by atoms with van der Waals surface area (Å²) < 4.78 is 27.6. The summed E-state index contributed by atoms with van der Waals surface area (Å²) in [7, 11) is -1.20. The molecule has 98 valence electrons. The highest BCUT2D eigenvalue weighted by Crippen LogP contribution is 2.22. The quantitative estimate of drug-likeness (QED) is 0.732. The molecule has 0 aromatic carbocycles. The van der Waals surface area contributed by atoms with E-state index < -0.39 is 10.8 Å². The van der Waals surface area contributed by atoms with Gasteiger partial charge in [0.2, 0.25) is 5.76 Å². The number of aryl methyl sites for hydroxylation is 1. The molecular formula is C13H11NO4S. The summed E-state index contributed by atoms with van der Waals surface area (Å²) in [5.74, 6) is 2.07. The van der Waals surface area contributed by atoms with Crippen molar-refractivity contribution < 1.29 is 17.6 Å². The molecule has 3 rings (SSSR count). The molecule has 0 fully saturated rings. The molecule has 0 saturated heterocycles. The van der Waals surface area contributed by atoms with Gasteiger partial charge in [0.05, 0.1) is 39.7 Å². The SMILES string of the molecule is Cc1occc1[S@@](=O)Cc1cc(-c2ccco2)on1. The van der Waals surface area contributed by atoms with Gasteiger partial charge in [-0.25, -0.2) is 0 Å². The molecule has 5 nitrogen and oxygen atoms in total. The van der Waals surface area contributed by atoms with E-state index in [1.807, 2.05) is 0 Å². The van der Waals surface area contributed by atoms with Crippen LogP contribution in [0.3, 0.4) is 0 Å². The smallest absolute Gasteiger partial charge is 0.202 e. The Labute approximate surface area is 111 Å². The monoisotopic (exact) mass is 277 g/mol. The Bertz CT molecular complexity index is 696. The fourth-order valence-corrected chi connectivity index (χ4v) is 2.87. The Morgan fingerprint density at radius 2 is 2.11 bits per heavy atom. The molecule has 0 bridgehead atoms. The molecule has 0 aliphatic heterocycles. The highest BCUT2D eigenvalue weighted by atomic mass is 32.2. The normalized spacial score (nSPS) is 12.7. The average Bonchev–Trinajstić information content (AvgIpc) is 3.07. The van der Waals surface area contributed by atoms with Crippen LogP contribution in [-0.2, 0) is 16.6 Å². The number of rotatable bonds is 4. The zero-order valence-electron chi connectivity index (χ0n) is 10.2. The van der Waals surface area contributed by atoms with E-state index in [-0.39, 0.29) is 5.75 Å². The molecule has 0 radical (unpaired) electrons. The molecule has 0 amide bonds. The molecule has 0 aliphatic rings. The van der Waals surface area contributed by atoms with Gasteiger partial charge < -0.3 is 13.4 Å². The molecule has 0 spiro atoms. The van der Waals surface area contributed by atoms with E-state index in [0.29, 0.717) is 27.9 Å². The van der Waals surface area contributed by atoms with Gasteiger partial charge >= 0.3 is 0 Å². The van der Waals surface area contributed by atoms with Gasteiger partial charge in [-0.15, -0.1) is 0 Å². The van der Waals surface area contributed by atoms with Crippen molar-refractivity contribution in [1.82, 2.24) is 5.16 Å². The lowest BCUT2D eigenvalue weighted by atomic mass is 10.3. The molecule has 0 aliphatic carbocycles. The van der Waals surface area contributed by atoms with Crippen LogP contribution in [-0.4, -0.2) is 9.37 Å². The van der Waals surface area contributed by atoms with Crippen LogP contribution in [0.5, 0.6) is 0 Å². The van der Waals surface area contributed by atoms with E-state index in [2.05, 4.69) is 5.16 Å². The zero-order valence-corrected chi connectivity index (χ0v) is 11.0. The molecule has 1 atom stereocenters. The predicted molar refractivity (Wildman–Crippen MR) is 67.8 cm³/mol. The lowest BCUT2D eigenvalue weighted by Crippen LogP contribution is -1.96. The topological polar surface area (TPSA) is 69.4 Å². The first kappa shape index (κ1) is 12.0. The van der Waals surface area contributed by atoms with Crippen molar-refractivity contribution in [3.63, 3.8) is 0 Å². The third kappa shape index (κ3) is 2.39. The fraction of sp³-hybridized carbons (Fsp3) is 0.154. The second-order valence-corrected chi connectivity index (χ2v) is 5.41. The van der Waals surface area contributed by atoms with E-state index >= 15 is 0 Å². The molecule has 3 aromatic rings. The highest BCUT2D eigenvalue weighted by Gasteiger charge is 2.15. The Morgan fingerprint density at radius 1 is 1.21 bits per heavy atom. The highest BCUT2D eigenvalue weighted by molar-refractivity contribution is 7.84. The van der Waals surface area contributed by atoms with Crippen molar-refractivity contribution in [1.29, 1.82) is 0 Å². The first-order chi connectivity index (χ1) is 9.24. The number of aromatic nitrogens is 1. The van der Waals surface area contributed by atoms with Crippen LogP contribution < -0.4 is 0 Å². The minimum atomic E-state index is -1.20. The summed E-state index contributed by atoms with van der Waals surface area (Å²) in [5.41, 5.74) is 0.616. The summed E-state index contributed by atoms with van der Waals surface area (Å²) >= 11 is 0. The standard InChI is InChI=1S/C13H11NO4S/c1-9-13(4-6-16-9)19(15)8-10-7-12(18-14-10)11-3-2-5-17-11/h2-7H,8H2,1H3/t19-/m0/s1. The number of hydrogen-bond donors (Lipinski definition) is 0. The van der Waals surface area contributed by atoms with Crippen molar-refractivity contribution >= 4 is 10.8 Å². The molecule has 0 unspecified atom stereocenters. The average molecular weight is 277 g/mol. The Kier molecular flexibility index (Phi) is 3.08.